The minimum Gasteiger partial charge on any atom is -0.496 e. The molecule has 42 heavy (non-hydrogen) atoms. The summed E-state index contributed by atoms with van der Waals surface area (Å²) in [5.41, 5.74) is 7.26. The van der Waals surface area contributed by atoms with Crippen LogP contribution < -0.4 is 4.74 Å². The molecule has 0 aromatic heterocycles. The molecule has 0 aliphatic carbocycles. The molecule has 4 aromatic carbocycles. The smallest absolute Gasteiger partial charge is 0.126 e. The summed E-state index contributed by atoms with van der Waals surface area (Å²) in [7, 11) is 1.65. The highest BCUT2D eigenvalue weighted by Crippen LogP contribution is 2.39. The van der Waals surface area contributed by atoms with Gasteiger partial charge in [-0.2, -0.15) is 5.26 Å². The number of rotatable bonds is 12. The molecule has 3 unspecified atom stereocenters. The molecule has 4 aromatic rings. The first-order chi connectivity index (χ1) is 20.6. The Labute approximate surface area is 249 Å². The highest BCUT2D eigenvalue weighted by atomic mass is 16.5. The number of hydrogen-bond donors (Lipinski definition) is 0. The Morgan fingerprint density at radius 1 is 0.810 bits per heavy atom. The molecular formula is C37H39NO4. The van der Waals surface area contributed by atoms with Crippen LogP contribution in [0.15, 0.2) is 97.1 Å². The van der Waals surface area contributed by atoms with Crippen LogP contribution in [-0.4, -0.2) is 25.9 Å². The number of benzene rings is 4. The van der Waals surface area contributed by atoms with Gasteiger partial charge in [0.1, 0.15) is 5.75 Å². The van der Waals surface area contributed by atoms with Crippen molar-refractivity contribution in [2.45, 2.75) is 64.1 Å². The Kier molecular flexibility index (Phi) is 10.4. The lowest BCUT2D eigenvalue weighted by atomic mass is 9.91. The van der Waals surface area contributed by atoms with Crippen molar-refractivity contribution < 1.29 is 18.9 Å². The summed E-state index contributed by atoms with van der Waals surface area (Å²) in [5.74, 6) is 0.661. The maximum absolute atomic E-state index is 9.98. The largest absolute Gasteiger partial charge is 0.496 e. The zero-order valence-corrected chi connectivity index (χ0v) is 24.5. The lowest BCUT2D eigenvalue weighted by Gasteiger charge is -2.36. The van der Waals surface area contributed by atoms with Crippen molar-refractivity contribution in [2.75, 3.05) is 13.7 Å². The maximum Gasteiger partial charge on any atom is 0.126 e. The molecule has 5 nitrogen and oxygen atoms in total. The number of aryl methyl sites for hydroxylation is 1. The fraction of sp³-hybridized carbons (Fsp3) is 0.324. The van der Waals surface area contributed by atoms with Crippen LogP contribution in [0.4, 0.5) is 0 Å². The molecule has 0 saturated carbocycles. The molecule has 1 aliphatic rings. The molecule has 1 heterocycles. The van der Waals surface area contributed by atoms with E-state index in [2.05, 4.69) is 67.6 Å². The predicted molar refractivity (Wildman–Crippen MR) is 164 cm³/mol. The summed E-state index contributed by atoms with van der Waals surface area (Å²) >= 11 is 0. The van der Waals surface area contributed by atoms with Crippen molar-refractivity contribution in [3.05, 3.63) is 136 Å². The molecule has 1 aliphatic heterocycles. The van der Waals surface area contributed by atoms with Gasteiger partial charge in [0.25, 0.3) is 0 Å². The maximum atomic E-state index is 9.98. The zero-order chi connectivity index (χ0) is 29.1. The van der Waals surface area contributed by atoms with Crippen LogP contribution in [0.3, 0.4) is 0 Å². The van der Waals surface area contributed by atoms with Gasteiger partial charge >= 0.3 is 0 Å². The van der Waals surface area contributed by atoms with Crippen LogP contribution in [0, 0.1) is 11.3 Å². The van der Waals surface area contributed by atoms with Crippen LogP contribution in [0.2, 0.25) is 0 Å². The van der Waals surface area contributed by atoms with Gasteiger partial charge in [-0.3, -0.25) is 0 Å². The van der Waals surface area contributed by atoms with Gasteiger partial charge in [-0.15, -0.1) is 0 Å². The fourth-order valence-electron chi connectivity index (χ4n) is 5.52. The van der Waals surface area contributed by atoms with Gasteiger partial charge < -0.3 is 18.9 Å². The minimum absolute atomic E-state index is 0.0142. The van der Waals surface area contributed by atoms with Gasteiger partial charge in [0.05, 0.1) is 56.9 Å². The van der Waals surface area contributed by atoms with Gasteiger partial charge in [-0.1, -0.05) is 91.9 Å². The first kappa shape index (κ1) is 29.5. The standard InChI is InChI=1S/C37H39NO4/c1-3-27-14-16-28(17-15-27)18-31-19-35(36(39-2)20-32(31)23-38)37-22-33(41-25-30-12-8-5-9-13-30)21-34(42-37)26-40-24-29-10-6-4-7-11-29/h4-17,19-20,33-34,37H,3,18,21-22,24-26H2,1-2H3. The van der Waals surface area contributed by atoms with Gasteiger partial charge in [-0.25, -0.2) is 0 Å². The Morgan fingerprint density at radius 3 is 2.12 bits per heavy atom. The van der Waals surface area contributed by atoms with E-state index in [0.717, 1.165) is 35.1 Å². The van der Waals surface area contributed by atoms with Gasteiger partial charge in [0.15, 0.2) is 0 Å². The quantitative estimate of drug-likeness (QED) is 0.177. The van der Waals surface area contributed by atoms with Crippen molar-refractivity contribution >= 4 is 0 Å². The molecule has 5 heteroatoms. The van der Waals surface area contributed by atoms with E-state index in [9.17, 15) is 5.26 Å². The molecule has 0 amide bonds. The summed E-state index contributed by atoms with van der Waals surface area (Å²) in [5, 5.41) is 9.98. The molecule has 5 rings (SSSR count). The summed E-state index contributed by atoms with van der Waals surface area (Å²) in [6.45, 7) is 3.69. The molecule has 1 fully saturated rings. The third kappa shape index (κ3) is 7.86. The van der Waals surface area contributed by atoms with Crippen molar-refractivity contribution in [3.8, 4) is 11.8 Å². The van der Waals surface area contributed by atoms with Crippen molar-refractivity contribution in [1.82, 2.24) is 0 Å². The second-order valence-electron chi connectivity index (χ2n) is 10.8. The number of hydrogen-bond acceptors (Lipinski definition) is 5. The van der Waals surface area contributed by atoms with Crippen molar-refractivity contribution in [1.29, 1.82) is 5.26 Å². The van der Waals surface area contributed by atoms with Gasteiger partial charge in [-0.05, 0) is 52.8 Å². The molecule has 216 valence electrons. The third-order valence-corrected chi connectivity index (χ3v) is 7.85. The Morgan fingerprint density at radius 2 is 1.48 bits per heavy atom. The lowest BCUT2D eigenvalue weighted by Crippen LogP contribution is -2.36. The number of nitrogens with zero attached hydrogens (tertiary/aromatic N) is 1. The van der Waals surface area contributed by atoms with E-state index in [4.69, 9.17) is 18.9 Å². The second kappa shape index (κ2) is 14.8. The van der Waals surface area contributed by atoms with Gasteiger partial charge in [0.2, 0.25) is 0 Å². The summed E-state index contributed by atoms with van der Waals surface area (Å²) in [6.07, 6.45) is 2.68. The first-order valence-corrected chi connectivity index (χ1v) is 14.8. The predicted octanol–water partition coefficient (Wildman–Crippen LogP) is 7.74. The highest BCUT2D eigenvalue weighted by molar-refractivity contribution is 5.51. The normalized spacial score (nSPS) is 18.4. The summed E-state index contributed by atoms with van der Waals surface area (Å²) in [6, 6.07) is 35.4. The SMILES string of the molecule is CCc1ccc(Cc2cc(C3CC(OCc4ccccc4)CC(COCc4ccccc4)O3)c(OC)cc2C#N)cc1. The van der Waals surface area contributed by atoms with E-state index < -0.39 is 0 Å². The van der Waals surface area contributed by atoms with E-state index in [1.807, 2.05) is 42.5 Å². The van der Waals surface area contributed by atoms with Crippen molar-refractivity contribution in [3.63, 3.8) is 0 Å². The average Bonchev–Trinajstić information content (AvgIpc) is 3.05. The van der Waals surface area contributed by atoms with E-state index >= 15 is 0 Å². The second-order valence-corrected chi connectivity index (χ2v) is 10.8. The molecular weight excluding hydrogens is 522 g/mol. The zero-order valence-electron chi connectivity index (χ0n) is 24.5. The fourth-order valence-corrected chi connectivity index (χ4v) is 5.52. The van der Waals surface area contributed by atoms with Crippen LogP contribution in [0.5, 0.6) is 5.75 Å². The molecule has 0 N–H and O–H groups in total. The van der Waals surface area contributed by atoms with Crippen LogP contribution >= 0.6 is 0 Å². The highest BCUT2D eigenvalue weighted by Gasteiger charge is 2.33. The van der Waals surface area contributed by atoms with Crippen LogP contribution in [0.1, 0.15) is 64.8 Å². The Hall–Kier alpha value is -3.95. The first-order valence-electron chi connectivity index (χ1n) is 14.8. The summed E-state index contributed by atoms with van der Waals surface area (Å²) < 4.78 is 25.1. The Bertz CT molecular complexity index is 1450. The molecule has 3 atom stereocenters. The average molecular weight is 562 g/mol. The lowest BCUT2D eigenvalue weighted by molar-refractivity contribution is -0.142. The van der Waals surface area contributed by atoms with E-state index in [1.54, 1.807) is 7.11 Å². The number of ether oxygens (including phenoxy) is 4. The third-order valence-electron chi connectivity index (χ3n) is 7.85. The van der Waals surface area contributed by atoms with E-state index in [-0.39, 0.29) is 18.3 Å². The van der Waals surface area contributed by atoms with E-state index in [0.29, 0.717) is 44.0 Å². The van der Waals surface area contributed by atoms with E-state index in [1.165, 1.54) is 11.1 Å². The van der Waals surface area contributed by atoms with Gasteiger partial charge in [0, 0.05) is 18.4 Å². The van der Waals surface area contributed by atoms with Crippen LogP contribution in [-0.2, 0) is 40.3 Å². The molecule has 0 radical (unpaired) electrons. The minimum atomic E-state index is -0.256. The van der Waals surface area contributed by atoms with Crippen molar-refractivity contribution in [2.24, 2.45) is 0 Å². The number of nitriles is 1. The monoisotopic (exact) mass is 561 g/mol. The molecule has 0 spiro atoms. The molecule has 1 saturated heterocycles. The summed E-state index contributed by atoms with van der Waals surface area (Å²) in [4.78, 5) is 0. The van der Waals surface area contributed by atoms with Crippen LogP contribution in [0.25, 0.3) is 0 Å². The number of methoxy groups -OCH3 is 1. The molecule has 0 bridgehead atoms. The Balaban J connectivity index is 1.38. The topological polar surface area (TPSA) is 60.7 Å².